The van der Waals surface area contributed by atoms with Crippen LogP contribution < -0.4 is 10.6 Å². The van der Waals surface area contributed by atoms with E-state index >= 15 is 0 Å². The number of thioether (sulfide) groups is 1. The van der Waals surface area contributed by atoms with Gasteiger partial charge in [-0.3, -0.25) is 9.59 Å². The van der Waals surface area contributed by atoms with Crippen LogP contribution in [0.3, 0.4) is 0 Å². The summed E-state index contributed by atoms with van der Waals surface area (Å²) in [6.45, 7) is -0.0993. The van der Waals surface area contributed by atoms with Crippen molar-refractivity contribution >= 4 is 45.2 Å². The molecule has 1 aliphatic carbocycles. The van der Waals surface area contributed by atoms with E-state index < -0.39 is 0 Å². The Morgan fingerprint density at radius 2 is 2.04 bits per heavy atom. The highest BCUT2D eigenvalue weighted by molar-refractivity contribution is 9.10. The molecule has 1 saturated carbocycles. The Morgan fingerprint density at radius 1 is 1.25 bits per heavy atom. The lowest BCUT2D eigenvalue weighted by Crippen LogP contribution is -2.33. The van der Waals surface area contributed by atoms with Crippen LogP contribution in [0.25, 0.3) is 0 Å². The number of nitrogens with one attached hydrogen (secondary N) is 2. The number of halogens is 1. The maximum Gasteiger partial charge on any atom is 0.277 e. The summed E-state index contributed by atoms with van der Waals surface area (Å²) in [5.74, 6) is 0.587. The van der Waals surface area contributed by atoms with E-state index in [-0.39, 0.29) is 24.1 Å². The lowest BCUT2D eigenvalue weighted by atomic mass is 10.3. The van der Waals surface area contributed by atoms with Crippen molar-refractivity contribution in [3.05, 3.63) is 34.6 Å². The smallest absolute Gasteiger partial charge is 0.277 e. The molecule has 1 heterocycles. The van der Waals surface area contributed by atoms with E-state index in [1.165, 1.54) is 0 Å². The summed E-state index contributed by atoms with van der Waals surface area (Å²) in [4.78, 5) is 23.6. The van der Waals surface area contributed by atoms with Gasteiger partial charge in [-0.15, -0.1) is 10.2 Å². The van der Waals surface area contributed by atoms with E-state index in [2.05, 4.69) is 36.8 Å². The standard InChI is InChI=1S/C15H15BrN4O3S/c16-10-3-1-2-4-11(10)18-12(21)7-17-13(22)8-24-15-20-19-14(23-15)9-5-6-9/h1-4,9H,5-8H2,(H,17,22)(H,18,21). The summed E-state index contributed by atoms with van der Waals surface area (Å²) in [6, 6.07) is 7.26. The third-order valence-corrected chi connectivity index (χ3v) is 4.78. The lowest BCUT2D eigenvalue weighted by Gasteiger charge is -2.07. The summed E-state index contributed by atoms with van der Waals surface area (Å²) in [6.07, 6.45) is 2.17. The first-order valence-electron chi connectivity index (χ1n) is 7.39. The molecule has 1 aromatic heterocycles. The number of anilines is 1. The zero-order chi connectivity index (χ0) is 16.9. The average Bonchev–Trinajstić information content (AvgIpc) is 3.32. The summed E-state index contributed by atoms with van der Waals surface area (Å²) < 4.78 is 6.23. The van der Waals surface area contributed by atoms with Gasteiger partial charge in [0.25, 0.3) is 5.22 Å². The monoisotopic (exact) mass is 410 g/mol. The number of carbonyl (C=O) groups excluding carboxylic acids is 2. The maximum atomic E-state index is 11.8. The number of aromatic nitrogens is 2. The molecule has 9 heteroatoms. The maximum absolute atomic E-state index is 11.8. The summed E-state index contributed by atoms with van der Waals surface area (Å²) in [5, 5.41) is 13.5. The van der Waals surface area contributed by atoms with Crippen molar-refractivity contribution in [2.75, 3.05) is 17.6 Å². The molecule has 0 atom stereocenters. The molecule has 1 aromatic carbocycles. The van der Waals surface area contributed by atoms with Gasteiger partial charge >= 0.3 is 0 Å². The minimum absolute atomic E-state index is 0.0993. The Bertz CT molecular complexity index is 748. The Labute approximate surface area is 151 Å². The molecule has 1 fully saturated rings. The normalized spacial score (nSPS) is 13.5. The molecule has 2 N–H and O–H groups in total. The fourth-order valence-corrected chi connectivity index (χ4v) is 2.87. The second-order valence-electron chi connectivity index (χ2n) is 5.27. The van der Waals surface area contributed by atoms with Crippen LogP contribution in [-0.2, 0) is 9.59 Å². The summed E-state index contributed by atoms with van der Waals surface area (Å²) in [7, 11) is 0. The van der Waals surface area contributed by atoms with Gasteiger partial charge in [0.2, 0.25) is 17.7 Å². The van der Waals surface area contributed by atoms with Gasteiger partial charge < -0.3 is 15.1 Å². The average molecular weight is 411 g/mol. The minimum atomic E-state index is -0.297. The molecule has 2 amide bonds. The molecule has 0 unspecified atom stereocenters. The first-order valence-corrected chi connectivity index (χ1v) is 9.17. The van der Waals surface area contributed by atoms with E-state index in [0.717, 1.165) is 29.1 Å². The molecule has 0 spiro atoms. The van der Waals surface area contributed by atoms with Crippen LogP contribution in [0, 0.1) is 0 Å². The number of nitrogens with zero attached hydrogens (tertiary/aromatic N) is 2. The number of benzene rings is 1. The largest absolute Gasteiger partial charge is 0.416 e. The molecule has 3 rings (SSSR count). The van der Waals surface area contributed by atoms with Crippen LogP contribution in [0.4, 0.5) is 5.69 Å². The van der Waals surface area contributed by atoms with Crippen molar-refractivity contribution in [2.45, 2.75) is 24.0 Å². The molecule has 24 heavy (non-hydrogen) atoms. The molecule has 0 saturated heterocycles. The van der Waals surface area contributed by atoms with E-state index in [9.17, 15) is 9.59 Å². The van der Waals surface area contributed by atoms with Crippen LogP contribution >= 0.6 is 27.7 Å². The minimum Gasteiger partial charge on any atom is -0.416 e. The predicted octanol–water partition coefficient (Wildman–Crippen LogP) is 2.56. The zero-order valence-corrected chi connectivity index (χ0v) is 15.0. The molecular formula is C15H15BrN4O3S. The summed E-state index contributed by atoms with van der Waals surface area (Å²) in [5.41, 5.74) is 0.657. The number of rotatable bonds is 7. The Morgan fingerprint density at radius 3 is 2.79 bits per heavy atom. The van der Waals surface area contributed by atoms with Crippen molar-refractivity contribution < 1.29 is 14.0 Å². The van der Waals surface area contributed by atoms with Gasteiger partial charge in [0.1, 0.15) is 0 Å². The molecule has 0 bridgehead atoms. The van der Waals surface area contributed by atoms with Crippen LogP contribution in [0.5, 0.6) is 0 Å². The molecule has 0 radical (unpaired) electrons. The second kappa shape index (κ2) is 7.80. The third-order valence-electron chi connectivity index (χ3n) is 3.27. The first kappa shape index (κ1) is 17.0. The van der Waals surface area contributed by atoms with Crippen molar-refractivity contribution in [1.29, 1.82) is 0 Å². The van der Waals surface area contributed by atoms with Crippen LogP contribution in [-0.4, -0.2) is 34.3 Å². The van der Waals surface area contributed by atoms with Gasteiger partial charge in [-0.2, -0.15) is 0 Å². The number of hydrogen-bond donors (Lipinski definition) is 2. The fraction of sp³-hybridized carbons (Fsp3) is 0.333. The van der Waals surface area contributed by atoms with Gasteiger partial charge in [0, 0.05) is 10.4 Å². The van der Waals surface area contributed by atoms with Crippen molar-refractivity contribution in [1.82, 2.24) is 15.5 Å². The molecule has 2 aromatic rings. The molecule has 7 nitrogen and oxygen atoms in total. The number of hydrogen-bond acceptors (Lipinski definition) is 6. The Hall–Kier alpha value is -1.87. The van der Waals surface area contributed by atoms with Crippen LogP contribution in [0.1, 0.15) is 24.7 Å². The van der Waals surface area contributed by atoms with E-state index in [1.54, 1.807) is 6.07 Å². The van der Waals surface area contributed by atoms with Crippen molar-refractivity contribution in [3.8, 4) is 0 Å². The van der Waals surface area contributed by atoms with Crippen LogP contribution in [0.15, 0.2) is 38.4 Å². The van der Waals surface area contributed by atoms with Gasteiger partial charge in [-0.05, 0) is 40.9 Å². The Balaban J connectivity index is 1.38. The van der Waals surface area contributed by atoms with Gasteiger partial charge in [0.05, 0.1) is 18.0 Å². The fourth-order valence-electron chi connectivity index (χ4n) is 1.89. The van der Waals surface area contributed by atoms with E-state index in [0.29, 0.717) is 22.7 Å². The first-order chi connectivity index (χ1) is 11.6. The highest BCUT2D eigenvalue weighted by Gasteiger charge is 2.29. The van der Waals surface area contributed by atoms with Gasteiger partial charge in [-0.25, -0.2) is 0 Å². The van der Waals surface area contributed by atoms with Crippen molar-refractivity contribution in [2.24, 2.45) is 0 Å². The number of amides is 2. The number of carbonyl (C=O) groups is 2. The van der Waals surface area contributed by atoms with Gasteiger partial charge in [-0.1, -0.05) is 23.9 Å². The quantitative estimate of drug-likeness (QED) is 0.680. The molecule has 126 valence electrons. The topological polar surface area (TPSA) is 97.1 Å². The highest BCUT2D eigenvalue weighted by atomic mass is 79.9. The highest BCUT2D eigenvalue weighted by Crippen LogP contribution is 2.39. The zero-order valence-electron chi connectivity index (χ0n) is 12.6. The van der Waals surface area contributed by atoms with Crippen molar-refractivity contribution in [3.63, 3.8) is 0 Å². The number of para-hydroxylation sites is 1. The van der Waals surface area contributed by atoms with Gasteiger partial charge in [0.15, 0.2) is 0 Å². The van der Waals surface area contributed by atoms with Crippen LogP contribution in [0.2, 0.25) is 0 Å². The second-order valence-corrected chi connectivity index (χ2v) is 7.05. The van der Waals surface area contributed by atoms with E-state index in [1.807, 2.05) is 18.2 Å². The predicted molar refractivity (Wildman–Crippen MR) is 92.8 cm³/mol. The third kappa shape index (κ3) is 4.81. The molecule has 1 aliphatic rings. The molecule has 0 aliphatic heterocycles. The molecular weight excluding hydrogens is 396 g/mol. The van der Waals surface area contributed by atoms with E-state index in [4.69, 9.17) is 4.42 Å². The lowest BCUT2D eigenvalue weighted by molar-refractivity contribution is -0.122. The Kier molecular flexibility index (Phi) is 5.52. The SMILES string of the molecule is O=C(CSc1nnc(C2CC2)o1)NCC(=O)Nc1ccccc1Br. The summed E-state index contributed by atoms with van der Waals surface area (Å²) >= 11 is 4.50.